The summed E-state index contributed by atoms with van der Waals surface area (Å²) in [5.41, 5.74) is 1.79. The van der Waals surface area contributed by atoms with E-state index in [4.69, 9.17) is 4.99 Å². The van der Waals surface area contributed by atoms with Crippen LogP contribution in [0.5, 0.6) is 5.75 Å². The Bertz CT molecular complexity index is 853. The third-order valence-corrected chi connectivity index (χ3v) is 13.5. The largest absolute Gasteiger partial charge is 0.507 e. The average Bonchev–Trinajstić information content (AvgIpc) is 2.46. The second kappa shape index (κ2) is 5.51. The zero-order valence-electron chi connectivity index (χ0n) is 15.6. The fourth-order valence-electron chi connectivity index (χ4n) is 4.87. The summed E-state index contributed by atoms with van der Waals surface area (Å²) in [6.45, 7) is 13.5. The van der Waals surface area contributed by atoms with Gasteiger partial charge in [0, 0.05) is 0 Å². The van der Waals surface area contributed by atoms with Gasteiger partial charge in [-0.15, -0.1) is 0 Å². The number of phenols is 1. The number of rotatable bonds is 0. The van der Waals surface area contributed by atoms with Crippen molar-refractivity contribution in [3.8, 4) is 5.75 Å². The standard InChI is InChI=1S/C20H24BrNO2Si/c1-19(2,3)25(20(4,5)6)16-11-12(23)7-8-13(16)22-14-9-10-15(24)17(21)18(14)25/h7-11,24H,1-6H3. The lowest BCUT2D eigenvalue weighted by Gasteiger charge is -2.55. The molecule has 3 rings (SSSR count). The van der Waals surface area contributed by atoms with E-state index < -0.39 is 8.07 Å². The quantitative estimate of drug-likeness (QED) is 0.471. The van der Waals surface area contributed by atoms with Crippen LogP contribution in [-0.4, -0.2) is 24.7 Å². The maximum absolute atomic E-state index is 12.3. The van der Waals surface area contributed by atoms with E-state index in [1.54, 1.807) is 18.2 Å². The SMILES string of the molecule is CC(C)(C)[Si]1(C(C)(C)C)C2=CC(=O)C=CC2=Nc2ccc(O)c(Br)c21. The molecule has 0 saturated carbocycles. The minimum absolute atomic E-state index is 0.0130. The molecule has 0 fully saturated rings. The zero-order chi connectivity index (χ0) is 18.8. The summed E-state index contributed by atoms with van der Waals surface area (Å²) >= 11 is 3.64. The van der Waals surface area contributed by atoms with Crippen molar-refractivity contribution in [3.05, 3.63) is 40.0 Å². The normalized spacial score (nSPS) is 19.1. The molecule has 1 aliphatic carbocycles. The van der Waals surface area contributed by atoms with Crippen LogP contribution in [0.25, 0.3) is 0 Å². The summed E-state index contributed by atoms with van der Waals surface area (Å²) in [6.07, 6.45) is 5.22. The van der Waals surface area contributed by atoms with Crippen molar-refractivity contribution in [2.45, 2.75) is 51.6 Å². The van der Waals surface area contributed by atoms with E-state index in [9.17, 15) is 9.90 Å². The molecule has 1 aliphatic heterocycles. The molecule has 1 N–H and O–H groups in total. The van der Waals surface area contributed by atoms with Gasteiger partial charge in [-0.1, -0.05) is 41.5 Å². The molecule has 1 aromatic carbocycles. The highest BCUT2D eigenvalue weighted by Gasteiger charge is 2.60. The van der Waals surface area contributed by atoms with Gasteiger partial charge in [0.1, 0.15) is 13.8 Å². The minimum atomic E-state index is -2.54. The molecular formula is C20H24BrNO2Si. The molecule has 0 radical (unpaired) electrons. The van der Waals surface area contributed by atoms with Crippen LogP contribution in [0.2, 0.25) is 10.1 Å². The Labute approximate surface area is 158 Å². The molecule has 0 bridgehead atoms. The molecule has 3 nitrogen and oxygen atoms in total. The number of nitrogens with zero attached hydrogens (tertiary/aromatic N) is 1. The van der Waals surface area contributed by atoms with Gasteiger partial charge in [0.2, 0.25) is 0 Å². The van der Waals surface area contributed by atoms with Crippen molar-refractivity contribution in [2.24, 2.45) is 4.99 Å². The van der Waals surface area contributed by atoms with Crippen molar-refractivity contribution in [1.82, 2.24) is 0 Å². The third kappa shape index (κ3) is 2.43. The van der Waals surface area contributed by atoms with E-state index in [1.807, 2.05) is 12.1 Å². The molecule has 5 heteroatoms. The summed E-state index contributed by atoms with van der Waals surface area (Å²) in [5, 5.41) is 12.4. The first kappa shape index (κ1) is 18.3. The molecule has 0 saturated heterocycles. The van der Waals surface area contributed by atoms with Crippen LogP contribution >= 0.6 is 15.9 Å². The van der Waals surface area contributed by atoms with E-state index in [-0.39, 0.29) is 21.6 Å². The first-order chi connectivity index (χ1) is 11.4. The molecule has 25 heavy (non-hydrogen) atoms. The minimum Gasteiger partial charge on any atom is -0.507 e. The summed E-state index contributed by atoms with van der Waals surface area (Å²) in [6, 6.07) is 3.58. The number of fused-ring (bicyclic) bond motifs is 2. The summed E-state index contributed by atoms with van der Waals surface area (Å²) < 4.78 is 0.715. The molecule has 2 aliphatic rings. The molecule has 0 atom stereocenters. The molecule has 0 unspecified atom stereocenters. The number of hydrogen-bond donors (Lipinski definition) is 1. The summed E-state index contributed by atoms with van der Waals surface area (Å²) in [5.74, 6) is 0.236. The van der Waals surface area contributed by atoms with Gasteiger partial charge in [-0.05, 0) is 66.8 Å². The highest BCUT2D eigenvalue weighted by atomic mass is 79.9. The average molecular weight is 418 g/mol. The maximum Gasteiger partial charge on any atom is 0.178 e. The molecular weight excluding hydrogens is 394 g/mol. The smallest absolute Gasteiger partial charge is 0.178 e. The van der Waals surface area contributed by atoms with E-state index in [1.165, 1.54) is 0 Å². The van der Waals surface area contributed by atoms with Crippen molar-refractivity contribution in [3.63, 3.8) is 0 Å². The van der Waals surface area contributed by atoms with Gasteiger partial charge in [-0.25, -0.2) is 4.99 Å². The van der Waals surface area contributed by atoms with Crippen LogP contribution in [0.15, 0.2) is 45.0 Å². The number of halogens is 1. The molecule has 0 spiro atoms. The maximum atomic E-state index is 12.3. The van der Waals surface area contributed by atoms with Crippen molar-refractivity contribution in [1.29, 1.82) is 0 Å². The number of benzene rings is 1. The van der Waals surface area contributed by atoms with Gasteiger partial charge >= 0.3 is 0 Å². The first-order valence-corrected chi connectivity index (χ1v) is 11.3. The summed E-state index contributed by atoms with van der Waals surface area (Å²) in [4.78, 5) is 17.1. The fourth-order valence-corrected chi connectivity index (χ4v) is 13.6. The number of carbonyl (C=O) groups excluding carboxylic acids is 1. The Balaban J connectivity index is 2.57. The second-order valence-electron chi connectivity index (χ2n) is 8.83. The molecule has 1 heterocycles. The first-order valence-electron chi connectivity index (χ1n) is 8.46. The highest BCUT2D eigenvalue weighted by molar-refractivity contribution is 9.10. The third-order valence-electron chi connectivity index (χ3n) is 5.34. The van der Waals surface area contributed by atoms with E-state index in [0.29, 0.717) is 4.47 Å². The Morgan fingerprint density at radius 2 is 1.64 bits per heavy atom. The highest BCUT2D eigenvalue weighted by Crippen LogP contribution is 2.58. The van der Waals surface area contributed by atoms with Crippen molar-refractivity contribution < 1.29 is 9.90 Å². The number of aromatic hydroxyl groups is 1. The van der Waals surface area contributed by atoms with Gasteiger partial charge in [-0.3, -0.25) is 4.79 Å². The van der Waals surface area contributed by atoms with E-state index in [2.05, 4.69) is 57.5 Å². The number of hydrogen-bond acceptors (Lipinski definition) is 3. The summed E-state index contributed by atoms with van der Waals surface area (Å²) in [7, 11) is -2.54. The predicted molar refractivity (Wildman–Crippen MR) is 110 cm³/mol. The van der Waals surface area contributed by atoms with Crippen molar-refractivity contribution in [2.75, 3.05) is 0 Å². The Kier molecular flexibility index (Phi) is 4.04. The molecule has 0 aromatic heterocycles. The number of phenolic OH excluding ortho intramolecular Hbond substituents is 1. The lowest BCUT2D eigenvalue weighted by molar-refractivity contribution is -0.110. The van der Waals surface area contributed by atoms with Gasteiger partial charge in [0.25, 0.3) is 0 Å². The predicted octanol–water partition coefficient (Wildman–Crippen LogP) is 5.10. The number of allylic oxidation sites excluding steroid dienone is 4. The van der Waals surface area contributed by atoms with Crippen LogP contribution in [0, 0.1) is 0 Å². The monoisotopic (exact) mass is 417 g/mol. The van der Waals surface area contributed by atoms with Crippen LogP contribution in [0.4, 0.5) is 5.69 Å². The Hall–Kier alpha value is -1.46. The lowest BCUT2D eigenvalue weighted by Crippen LogP contribution is -2.66. The lowest BCUT2D eigenvalue weighted by atomic mass is 10.1. The Morgan fingerprint density at radius 3 is 2.20 bits per heavy atom. The van der Waals surface area contributed by atoms with Crippen LogP contribution in [-0.2, 0) is 4.79 Å². The van der Waals surface area contributed by atoms with Crippen LogP contribution in [0.3, 0.4) is 0 Å². The van der Waals surface area contributed by atoms with Crippen molar-refractivity contribution >= 4 is 46.4 Å². The van der Waals surface area contributed by atoms with Crippen LogP contribution < -0.4 is 5.19 Å². The van der Waals surface area contributed by atoms with E-state index in [0.717, 1.165) is 21.8 Å². The van der Waals surface area contributed by atoms with Gasteiger partial charge in [-0.2, -0.15) is 0 Å². The van der Waals surface area contributed by atoms with Gasteiger partial charge < -0.3 is 5.11 Å². The number of aliphatic imine (C=N–C) groups is 1. The Morgan fingerprint density at radius 1 is 1.04 bits per heavy atom. The zero-order valence-corrected chi connectivity index (χ0v) is 18.2. The second-order valence-corrected chi connectivity index (χ2v) is 15.2. The topological polar surface area (TPSA) is 49.7 Å². The number of carbonyl (C=O) groups is 1. The van der Waals surface area contributed by atoms with Gasteiger partial charge in [0.05, 0.1) is 15.9 Å². The van der Waals surface area contributed by atoms with Gasteiger partial charge in [0.15, 0.2) is 5.78 Å². The fraction of sp³-hybridized carbons (Fsp3) is 0.400. The molecule has 1 aromatic rings. The number of ketones is 1. The molecule has 0 amide bonds. The van der Waals surface area contributed by atoms with E-state index >= 15 is 0 Å². The molecule has 132 valence electrons. The van der Waals surface area contributed by atoms with Crippen LogP contribution in [0.1, 0.15) is 41.5 Å².